The first-order valence-corrected chi connectivity index (χ1v) is 8.92. The van der Waals surface area contributed by atoms with Crippen molar-refractivity contribution >= 4 is 5.78 Å². The van der Waals surface area contributed by atoms with Gasteiger partial charge in [-0.05, 0) is 48.9 Å². The normalized spacial score (nSPS) is 27.2. The Balaban J connectivity index is 1.63. The van der Waals surface area contributed by atoms with Gasteiger partial charge in [-0.15, -0.1) is 0 Å². The van der Waals surface area contributed by atoms with Crippen molar-refractivity contribution in [2.75, 3.05) is 27.2 Å². The van der Waals surface area contributed by atoms with E-state index < -0.39 is 11.6 Å². The summed E-state index contributed by atoms with van der Waals surface area (Å²) in [5.74, 6) is 2.17. The Labute approximate surface area is 155 Å². The first kappa shape index (κ1) is 15.3. The number of hydrogen-bond donors (Lipinski definition) is 1. The van der Waals surface area contributed by atoms with Crippen molar-refractivity contribution in [2.45, 2.75) is 18.1 Å². The number of fused-ring (bicyclic) bond motifs is 6. The number of aliphatic hydroxyl groups is 1. The van der Waals surface area contributed by atoms with Crippen LogP contribution in [0.3, 0.4) is 0 Å². The third kappa shape index (κ3) is 1.67. The quantitative estimate of drug-likeness (QED) is 0.760. The first-order chi connectivity index (χ1) is 13.1. The molecular weight excluding hydrogens is 350 g/mol. The molecule has 1 aliphatic carbocycles. The molecule has 1 unspecified atom stereocenters. The fourth-order valence-electron chi connectivity index (χ4n) is 4.87. The number of hydrogen-bond acceptors (Lipinski definition) is 7. The van der Waals surface area contributed by atoms with Crippen LogP contribution in [0.5, 0.6) is 23.0 Å². The Morgan fingerprint density at radius 3 is 2.67 bits per heavy atom. The number of ether oxygens (including phenoxy) is 4. The van der Waals surface area contributed by atoms with Gasteiger partial charge < -0.3 is 24.1 Å². The number of carbonyl (C=O) groups is 1. The van der Waals surface area contributed by atoms with Gasteiger partial charge in [0, 0.05) is 17.7 Å². The van der Waals surface area contributed by atoms with Crippen molar-refractivity contribution in [3.8, 4) is 23.0 Å². The molecular formula is C20H17NO6. The van der Waals surface area contributed by atoms with E-state index in [1.165, 1.54) is 0 Å². The number of Topliss-reactive ketones (excluding diaryl/α,β-unsaturated/α-hetero) is 1. The topological polar surface area (TPSA) is 77.5 Å². The maximum Gasteiger partial charge on any atom is 0.231 e. The van der Waals surface area contributed by atoms with Crippen molar-refractivity contribution in [3.63, 3.8) is 0 Å². The molecule has 3 heterocycles. The molecule has 0 fully saturated rings. The zero-order chi connectivity index (χ0) is 18.3. The number of aliphatic hydroxyl groups excluding tert-OH is 1. The lowest BCUT2D eigenvalue weighted by molar-refractivity contribution is -0.00844. The summed E-state index contributed by atoms with van der Waals surface area (Å²) in [6, 6.07) is 7.23. The summed E-state index contributed by atoms with van der Waals surface area (Å²) >= 11 is 0. The van der Waals surface area contributed by atoms with Gasteiger partial charge in [0.25, 0.3) is 0 Å². The van der Waals surface area contributed by atoms with Crippen molar-refractivity contribution in [1.82, 2.24) is 4.90 Å². The Bertz CT molecular complexity index is 1020. The molecule has 7 nitrogen and oxygen atoms in total. The molecule has 0 saturated heterocycles. The number of nitrogens with zero attached hydrogens (tertiary/aromatic N) is 1. The van der Waals surface area contributed by atoms with Crippen molar-refractivity contribution in [2.24, 2.45) is 0 Å². The van der Waals surface area contributed by atoms with Gasteiger partial charge in [-0.2, -0.15) is 0 Å². The second-order valence-electron chi connectivity index (χ2n) is 7.29. The van der Waals surface area contributed by atoms with Gasteiger partial charge in [0.05, 0.1) is 0 Å². The summed E-state index contributed by atoms with van der Waals surface area (Å²) in [6.07, 6.45) is -0.306. The zero-order valence-corrected chi connectivity index (χ0v) is 14.7. The molecule has 2 atom stereocenters. The average Bonchev–Trinajstić information content (AvgIpc) is 3.37. The monoisotopic (exact) mass is 367 g/mol. The number of carbonyl (C=O) groups excluding carboxylic acids is 1. The third-order valence-corrected chi connectivity index (χ3v) is 6.17. The van der Waals surface area contributed by atoms with E-state index in [1.807, 2.05) is 24.1 Å². The van der Waals surface area contributed by atoms with Crippen LogP contribution in [0.15, 0.2) is 24.3 Å². The maximum atomic E-state index is 13.7. The molecule has 0 amide bonds. The van der Waals surface area contributed by atoms with Crippen molar-refractivity contribution in [1.29, 1.82) is 0 Å². The van der Waals surface area contributed by atoms with Gasteiger partial charge in [-0.25, -0.2) is 0 Å². The van der Waals surface area contributed by atoms with Crippen LogP contribution in [0.4, 0.5) is 0 Å². The minimum atomic E-state index is -1.21. The van der Waals surface area contributed by atoms with Gasteiger partial charge in [-0.1, -0.05) is 0 Å². The van der Waals surface area contributed by atoms with E-state index in [-0.39, 0.29) is 19.4 Å². The molecule has 138 valence electrons. The Hall–Kier alpha value is -2.77. The molecule has 6 rings (SSSR count). The first-order valence-electron chi connectivity index (χ1n) is 8.92. The summed E-state index contributed by atoms with van der Waals surface area (Å²) < 4.78 is 22.1. The molecule has 7 heteroatoms. The highest BCUT2D eigenvalue weighted by Crippen LogP contribution is 2.57. The van der Waals surface area contributed by atoms with Gasteiger partial charge in [-0.3, -0.25) is 9.69 Å². The summed E-state index contributed by atoms with van der Waals surface area (Å²) in [6.45, 7) is 0.893. The molecule has 2 aromatic carbocycles. The predicted octanol–water partition coefficient (Wildman–Crippen LogP) is 1.76. The van der Waals surface area contributed by atoms with Gasteiger partial charge >= 0.3 is 0 Å². The Kier molecular flexibility index (Phi) is 2.80. The molecule has 4 aliphatic rings. The minimum Gasteiger partial charge on any atom is -0.454 e. The van der Waals surface area contributed by atoms with Crippen LogP contribution in [0.25, 0.3) is 0 Å². The standard InChI is InChI=1S/C20H17NO6/c1-21-5-4-10-6-14-15(26-8-25-14)7-12(10)20(21)18(22)11-2-3-13-17(27-9-24-13)16(11)19(20)23/h2-3,6-7,19,23H,4-5,8-9H2,1H3/t19-,20?/m1/s1. The molecule has 0 aromatic heterocycles. The number of rotatable bonds is 0. The molecule has 27 heavy (non-hydrogen) atoms. The van der Waals surface area contributed by atoms with Crippen LogP contribution in [-0.4, -0.2) is 43.0 Å². The summed E-state index contributed by atoms with van der Waals surface area (Å²) in [7, 11) is 1.87. The number of benzene rings is 2. The van der Waals surface area contributed by atoms with Crippen LogP contribution in [0.1, 0.15) is 33.2 Å². The van der Waals surface area contributed by atoms with Gasteiger partial charge in [0.15, 0.2) is 28.8 Å². The lowest BCUT2D eigenvalue weighted by Gasteiger charge is -2.44. The maximum absolute atomic E-state index is 13.7. The predicted molar refractivity (Wildman–Crippen MR) is 92.4 cm³/mol. The largest absolute Gasteiger partial charge is 0.454 e. The van der Waals surface area contributed by atoms with Gasteiger partial charge in [0.1, 0.15) is 11.6 Å². The number of likely N-dealkylation sites (N-methyl/N-ethyl adjacent to an activating group) is 1. The Morgan fingerprint density at radius 1 is 1.07 bits per heavy atom. The van der Waals surface area contributed by atoms with E-state index in [2.05, 4.69) is 0 Å². The molecule has 1 spiro atoms. The molecule has 0 radical (unpaired) electrons. The van der Waals surface area contributed by atoms with Crippen LogP contribution in [0.2, 0.25) is 0 Å². The van der Waals surface area contributed by atoms with E-state index in [0.717, 1.165) is 17.5 Å². The van der Waals surface area contributed by atoms with Crippen LogP contribution >= 0.6 is 0 Å². The van der Waals surface area contributed by atoms with E-state index in [0.29, 0.717) is 40.7 Å². The molecule has 0 saturated carbocycles. The number of ketones is 1. The van der Waals surface area contributed by atoms with Crippen LogP contribution in [-0.2, 0) is 12.0 Å². The highest BCUT2D eigenvalue weighted by atomic mass is 16.7. The average molecular weight is 367 g/mol. The lowest BCUT2D eigenvalue weighted by atomic mass is 9.76. The lowest BCUT2D eigenvalue weighted by Crippen LogP contribution is -2.54. The van der Waals surface area contributed by atoms with Gasteiger partial charge in [0.2, 0.25) is 13.6 Å². The van der Waals surface area contributed by atoms with E-state index in [1.54, 1.807) is 12.1 Å². The highest BCUT2D eigenvalue weighted by Gasteiger charge is 2.60. The summed E-state index contributed by atoms with van der Waals surface area (Å²) in [4.78, 5) is 15.6. The molecule has 2 aromatic rings. The summed E-state index contributed by atoms with van der Waals surface area (Å²) in [5.41, 5.74) is 1.53. The van der Waals surface area contributed by atoms with E-state index in [9.17, 15) is 9.90 Å². The minimum absolute atomic E-state index is 0.0881. The smallest absolute Gasteiger partial charge is 0.231 e. The van der Waals surface area contributed by atoms with Crippen molar-refractivity contribution < 1.29 is 28.8 Å². The van der Waals surface area contributed by atoms with E-state index in [4.69, 9.17) is 18.9 Å². The van der Waals surface area contributed by atoms with Crippen molar-refractivity contribution in [3.05, 3.63) is 46.5 Å². The molecule has 1 N–H and O–H groups in total. The van der Waals surface area contributed by atoms with E-state index >= 15 is 0 Å². The second kappa shape index (κ2) is 4.94. The molecule has 3 aliphatic heterocycles. The second-order valence-corrected chi connectivity index (χ2v) is 7.29. The Morgan fingerprint density at radius 2 is 1.81 bits per heavy atom. The third-order valence-electron chi connectivity index (χ3n) is 6.17. The fourth-order valence-corrected chi connectivity index (χ4v) is 4.87. The zero-order valence-electron chi connectivity index (χ0n) is 14.7. The fraction of sp³-hybridized carbons (Fsp3) is 0.350. The van der Waals surface area contributed by atoms with Crippen LogP contribution in [0, 0.1) is 0 Å². The highest BCUT2D eigenvalue weighted by molar-refractivity contribution is 6.10. The van der Waals surface area contributed by atoms with Crippen LogP contribution < -0.4 is 18.9 Å². The molecule has 0 bridgehead atoms. The SMILES string of the molecule is CN1CCc2cc3c(cc2C12C(=O)c1ccc4c(c1[C@H]2O)OCO4)OCO3. The summed E-state index contributed by atoms with van der Waals surface area (Å²) in [5, 5.41) is 11.5.